The molecule has 1 saturated carbocycles. The molecule has 0 atom stereocenters. The quantitative estimate of drug-likeness (QED) is 0.902. The Balaban J connectivity index is 1.73. The van der Waals surface area contributed by atoms with Crippen LogP contribution in [0.15, 0.2) is 36.4 Å². The van der Waals surface area contributed by atoms with Gasteiger partial charge in [-0.2, -0.15) is 0 Å². The highest BCUT2D eigenvalue weighted by molar-refractivity contribution is 5.61. The normalized spacial score (nSPS) is 15.2. The van der Waals surface area contributed by atoms with Crippen molar-refractivity contribution in [3.63, 3.8) is 0 Å². The van der Waals surface area contributed by atoms with Crippen molar-refractivity contribution in [1.29, 1.82) is 0 Å². The lowest BCUT2D eigenvalue weighted by Gasteiger charge is -2.14. The summed E-state index contributed by atoms with van der Waals surface area (Å²) in [5.41, 5.74) is 4.49. The maximum Gasteiger partial charge on any atom is 0.119 e. The molecule has 0 radical (unpaired) electrons. The highest BCUT2D eigenvalue weighted by Gasteiger charge is 2.14. The van der Waals surface area contributed by atoms with E-state index < -0.39 is 0 Å². The maximum absolute atomic E-state index is 5.29. The third-order valence-corrected chi connectivity index (χ3v) is 4.50. The second kappa shape index (κ2) is 6.93. The molecule has 1 fully saturated rings. The summed E-state index contributed by atoms with van der Waals surface area (Å²) in [6, 6.07) is 13.0. The molecule has 3 rings (SSSR count). The van der Waals surface area contributed by atoms with Crippen LogP contribution < -0.4 is 10.1 Å². The molecule has 2 aromatic rings. The molecular weight excluding hydrogens is 272 g/mol. The van der Waals surface area contributed by atoms with Crippen molar-refractivity contribution in [3.05, 3.63) is 47.7 Å². The smallest absolute Gasteiger partial charge is 0.119 e. The Morgan fingerprint density at radius 1 is 1.18 bits per heavy atom. The summed E-state index contributed by atoms with van der Waals surface area (Å²) in [5.74, 6) is 0.865. The van der Waals surface area contributed by atoms with E-state index in [2.05, 4.69) is 30.4 Å². The van der Waals surface area contributed by atoms with Gasteiger partial charge in [-0.05, 0) is 43.5 Å². The Bertz CT molecular complexity index is 633. The fourth-order valence-electron chi connectivity index (χ4n) is 3.10. The zero-order valence-corrected chi connectivity index (χ0v) is 13.4. The maximum atomic E-state index is 5.29. The van der Waals surface area contributed by atoms with Crippen molar-refractivity contribution in [2.45, 2.75) is 45.2 Å². The van der Waals surface area contributed by atoms with E-state index in [-0.39, 0.29) is 0 Å². The van der Waals surface area contributed by atoms with Gasteiger partial charge in [0.05, 0.1) is 12.8 Å². The zero-order chi connectivity index (χ0) is 15.4. The van der Waals surface area contributed by atoms with Gasteiger partial charge in [0.1, 0.15) is 5.75 Å². The monoisotopic (exact) mass is 296 g/mol. The number of benzene rings is 1. The molecular formula is C19H24N2O. The van der Waals surface area contributed by atoms with Crippen molar-refractivity contribution >= 4 is 0 Å². The molecule has 22 heavy (non-hydrogen) atoms. The van der Waals surface area contributed by atoms with Crippen LogP contribution in [-0.2, 0) is 6.54 Å². The van der Waals surface area contributed by atoms with E-state index in [1.54, 1.807) is 7.11 Å². The molecule has 0 amide bonds. The van der Waals surface area contributed by atoms with Crippen LogP contribution in [0.3, 0.4) is 0 Å². The number of nitrogens with one attached hydrogen (secondary N) is 1. The van der Waals surface area contributed by atoms with Gasteiger partial charge >= 0.3 is 0 Å². The van der Waals surface area contributed by atoms with E-state index in [4.69, 9.17) is 9.72 Å². The summed E-state index contributed by atoms with van der Waals surface area (Å²) in [4.78, 5) is 4.77. The van der Waals surface area contributed by atoms with Gasteiger partial charge in [0.2, 0.25) is 0 Å². The van der Waals surface area contributed by atoms with Crippen LogP contribution in [-0.4, -0.2) is 18.1 Å². The van der Waals surface area contributed by atoms with Crippen molar-refractivity contribution < 1.29 is 4.74 Å². The van der Waals surface area contributed by atoms with Crippen LogP contribution in [0.1, 0.15) is 36.9 Å². The number of methoxy groups -OCH3 is 1. The third kappa shape index (κ3) is 3.47. The van der Waals surface area contributed by atoms with Gasteiger partial charge < -0.3 is 10.1 Å². The number of rotatable bonds is 5. The van der Waals surface area contributed by atoms with E-state index in [0.717, 1.165) is 29.2 Å². The van der Waals surface area contributed by atoms with Crippen LogP contribution in [0.25, 0.3) is 11.3 Å². The summed E-state index contributed by atoms with van der Waals surface area (Å²) in [6.07, 6.45) is 5.36. The third-order valence-electron chi connectivity index (χ3n) is 4.50. The summed E-state index contributed by atoms with van der Waals surface area (Å²) in [6.45, 7) is 3.01. The number of ether oxygens (including phenoxy) is 1. The minimum Gasteiger partial charge on any atom is -0.497 e. The SMILES string of the molecule is COc1cccc(-c2ccc(CNC3CCCC3)c(C)n2)c1. The number of pyridine rings is 1. The van der Waals surface area contributed by atoms with E-state index >= 15 is 0 Å². The Kier molecular flexibility index (Phi) is 4.74. The van der Waals surface area contributed by atoms with E-state index in [1.807, 2.05) is 18.2 Å². The second-order valence-electron chi connectivity index (χ2n) is 6.04. The van der Waals surface area contributed by atoms with Gasteiger partial charge in [-0.1, -0.05) is 31.0 Å². The number of aryl methyl sites for hydroxylation is 1. The van der Waals surface area contributed by atoms with E-state index in [9.17, 15) is 0 Å². The lowest BCUT2D eigenvalue weighted by atomic mass is 10.1. The molecule has 3 heteroatoms. The predicted octanol–water partition coefficient (Wildman–Crippen LogP) is 4.10. The topological polar surface area (TPSA) is 34.1 Å². The van der Waals surface area contributed by atoms with Gasteiger partial charge in [0.15, 0.2) is 0 Å². The molecule has 116 valence electrons. The number of aromatic nitrogens is 1. The molecule has 1 aromatic carbocycles. The van der Waals surface area contributed by atoms with Gasteiger partial charge in [0, 0.05) is 23.8 Å². The summed E-state index contributed by atoms with van der Waals surface area (Å²) < 4.78 is 5.29. The number of hydrogen-bond acceptors (Lipinski definition) is 3. The Morgan fingerprint density at radius 3 is 2.73 bits per heavy atom. The highest BCUT2D eigenvalue weighted by Crippen LogP contribution is 2.24. The predicted molar refractivity (Wildman–Crippen MR) is 90.1 cm³/mol. The lowest BCUT2D eigenvalue weighted by Crippen LogP contribution is -2.25. The molecule has 1 N–H and O–H groups in total. The van der Waals surface area contributed by atoms with Crippen LogP contribution in [0, 0.1) is 6.92 Å². The minimum atomic E-state index is 0.692. The second-order valence-corrected chi connectivity index (χ2v) is 6.04. The summed E-state index contributed by atoms with van der Waals surface area (Å²) in [5, 5.41) is 3.66. The van der Waals surface area contributed by atoms with Gasteiger partial charge in [-0.25, -0.2) is 0 Å². The molecule has 0 spiro atoms. The summed E-state index contributed by atoms with van der Waals surface area (Å²) >= 11 is 0. The van der Waals surface area contributed by atoms with Crippen LogP contribution in [0.4, 0.5) is 0 Å². The van der Waals surface area contributed by atoms with Crippen molar-refractivity contribution in [2.75, 3.05) is 7.11 Å². The lowest BCUT2D eigenvalue weighted by molar-refractivity contribution is 0.415. The first-order valence-electron chi connectivity index (χ1n) is 8.10. The van der Waals surface area contributed by atoms with Crippen LogP contribution in [0.2, 0.25) is 0 Å². The Morgan fingerprint density at radius 2 is 2.00 bits per heavy atom. The molecule has 1 heterocycles. The Hall–Kier alpha value is -1.87. The molecule has 3 nitrogen and oxygen atoms in total. The van der Waals surface area contributed by atoms with Gasteiger partial charge in [-0.15, -0.1) is 0 Å². The molecule has 1 aliphatic rings. The summed E-state index contributed by atoms with van der Waals surface area (Å²) in [7, 11) is 1.69. The number of nitrogens with zero attached hydrogens (tertiary/aromatic N) is 1. The van der Waals surface area contributed by atoms with Crippen molar-refractivity contribution in [3.8, 4) is 17.0 Å². The fraction of sp³-hybridized carbons (Fsp3) is 0.421. The van der Waals surface area contributed by atoms with Gasteiger partial charge in [-0.3, -0.25) is 4.98 Å². The first kappa shape index (κ1) is 15.0. The molecule has 1 aromatic heterocycles. The first-order chi connectivity index (χ1) is 10.8. The molecule has 0 aliphatic heterocycles. The fourth-order valence-corrected chi connectivity index (χ4v) is 3.10. The van der Waals surface area contributed by atoms with E-state index in [0.29, 0.717) is 6.04 Å². The van der Waals surface area contributed by atoms with Crippen molar-refractivity contribution in [2.24, 2.45) is 0 Å². The molecule has 0 bridgehead atoms. The largest absolute Gasteiger partial charge is 0.497 e. The van der Waals surface area contributed by atoms with Gasteiger partial charge in [0.25, 0.3) is 0 Å². The molecule has 1 aliphatic carbocycles. The van der Waals surface area contributed by atoms with Crippen LogP contribution in [0.5, 0.6) is 5.75 Å². The number of hydrogen-bond donors (Lipinski definition) is 1. The zero-order valence-electron chi connectivity index (χ0n) is 13.4. The minimum absolute atomic E-state index is 0.692. The first-order valence-corrected chi connectivity index (χ1v) is 8.10. The average Bonchev–Trinajstić information content (AvgIpc) is 3.07. The Labute approximate surface area is 132 Å². The highest BCUT2D eigenvalue weighted by atomic mass is 16.5. The molecule has 0 saturated heterocycles. The molecule has 0 unspecified atom stereocenters. The van der Waals surface area contributed by atoms with E-state index in [1.165, 1.54) is 31.2 Å². The van der Waals surface area contributed by atoms with Crippen molar-refractivity contribution in [1.82, 2.24) is 10.3 Å². The standard InChI is InChI=1S/C19H24N2O/c1-14-16(13-20-17-7-3-4-8-17)10-11-19(21-14)15-6-5-9-18(12-15)22-2/h5-6,9-12,17,20H,3-4,7-8,13H2,1-2H3. The average molecular weight is 296 g/mol. The van der Waals surface area contributed by atoms with Crippen LogP contribution >= 0.6 is 0 Å².